The Morgan fingerprint density at radius 3 is 2.76 bits per heavy atom. The molecule has 150 valence electrons. The fraction of sp³-hybridized carbons (Fsp3) is 0.391. The van der Waals surface area contributed by atoms with Crippen LogP contribution in [-0.4, -0.2) is 39.6 Å². The quantitative estimate of drug-likeness (QED) is 0.678. The molecule has 1 unspecified atom stereocenters. The van der Waals surface area contributed by atoms with E-state index in [1.54, 1.807) is 0 Å². The van der Waals surface area contributed by atoms with Crippen LogP contribution in [0.15, 0.2) is 42.5 Å². The van der Waals surface area contributed by atoms with Crippen molar-refractivity contribution in [1.82, 2.24) is 14.5 Å². The van der Waals surface area contributed by atoms with Gasteiger partial charge in [0.15, 0.2) is 6.10 Å². The Kier molecular flexibility index (Phi) is 4.49. The highest BCUT2D eigenvalue weighted by Crippen LogP contribution is 2.32. The summed E-state index contributed by atoms with van der Waals surface area (Å²) in [6.07, 6.45) is 2.76. The summed E-state index contributed by atoms with van der Waals surface area (Å²) in [5.41, 5.74) is 2.78. The van der Waals surface area contributed by atoms with Crippen molar-refractivity contribution in [3.8, 4) is 5.75 Å². The molecule has 3 heterocycles. The lowest BCUT2D eigenvalue weighted by molar-refractivity contribution is -0.139. The van der Waals surface area contributed by atoms with E-state index in [-0.39, 0.29) is 17.8 Å². The van der Waals surface area contributed by atoms with Crippen LogP contribution in [0.4, 0.5) is 4.39 Å². The molecule has 0 saturated carbocycles. The summed E-state index contributed by atoms with van der Waals surface area (Å²) in [5, 5.41) is 0. The number of rotatable bonds is 3. The lowest BCUT2D eigenvalue weighted by Gasteiger charge is -2.34. The van der Waals surface area contributed by atoms with Crippen LogP contribution in [0.1, 0.15) is 37.2 Å². The zero-order chi connectivity index (χ0) is 20.0. The molecular formula is C23H24FN3O2. The SMILES string of the molecule is CCc1nc2cc(F)ccc2n1C1CCN(C(=O)C2Cc3ccccc3O2)CC1. The van der Waals surface area contributed by atoms with Crippen molar-refractivity contribution in [2.45, 2.75) is 44.8 Å². The number of amides is 1. The monoisotopic (exact) mass is 393 g/mol. The number of hydrogen-bond donors (Lipinski definition) is 0. The number of aromatic nitrogens is 2. The molecule has 1 saturated heterocycles. The van der Waals surface area contributed by atoms with Crippen LogP contribution >= 0.6 is 0 Å². The standard InChI is InChI=1S/C23H24FN3O2/c1-2-22-25-18-14-16(24)7-8-19(18)27(22)17-9-11-26(12-10-17)23(28)21-13-15-5-3-4-6-20(15)29-21/h3-8,14,17,21H,2,9-13H2,1H3. The predicted octanol–water partition coefficient (Wildman–Crippen LogP) is 3.91. The maximum absolute atomic E-state index is 13.6. The van der Waals surface area contributed by atoms with Crippen LogP contribution in [0.2, 0.25) is 0 Å². The van der Waals surface area contributed by atoms with Crippen molar-refractivity contribution in [2.75, 3.05) is 13.1 Å². The first kappa shape index (κ1) is 18.2. The number of fused-ring (bicyclic) bond motifs is 2. The smallest absolute Gasteiger partial charge is 0.263 e. The number of nitrogens with zero attached hydrogens (tertiary/aromatic N) is 3. The van der Waals surface area contributed by atoms with Gasteiger partial charge in [-0.25, -0.2) is 9.37 Å². The van der Waals surface area contributed by atoms with Gasteiger partial charge in [-0.15, -0.1) is 0 Å². The van der Waals surface area contributed by atoms with Crippen LogP contribution in [0.25, 0.3) is 11.0 Å². The second-order valence-corrected chi connectivity index (χ2v) is 7.86. The first-order valence-corrected chi connectivity index (χ1v) is 10.3. The number of aryl methyl sites for hydroxylation is 1. The first-order valence-electron chi connectivity index (χ1n) is 10.3. The molecule has 3 aromatic rings. The normalized spacial score (nSPS) is 19.4. The summed E-state index contributed by atoms with van der Waals surface area (Å²) in [4.78, 5) is 19.5. The fourth-order valence-electron chi connectivity index (χ4n) is 4.65. The molecule has 0 radical (unpaired) electrons. The molecule has 2 aromatic carbocycles. The van der Waals surface area contributed by atoms with E-state index < -0.39 is 6.10 Å². The van der Waals surface area contributed by atoms with Gasteiger partial charge in [0.05, 0.1) is 11.0 Å². The van der Waals surface area contributed by atoms with Gasteiger partial charge in [-0.2, -0.15) is 0 Å². The number of hydrogen-bond acceptors (Lipinski definition) is 3. The number of benzene rings is 2. The van der Waals surface area contributed by atoms with E-state index in [0.717, 1.165) is 41.9 Å². The van der Waals surface area contributed by atoms with E-state index in [9.17, 15) is 9.18 Å². The molecule has 1 fully saturated rings. The molecular weight excluding hydrogens is 369 g/mol. The van der Waals surface area contributed by atoms with Gasteiger partial charge in [0.1, 0.15) is 17.4 Å². The van der Waals surface area contributed by atoms with Gasteiger partial charge in [0, 0.05) is 38.0 Å². The number of piperidine rings is 1. The summed E-state index contributed by atoms with van der Waals surface area (Å²) in [6.45, 7) is 3.47. The van der Waals surface area contributed by atoms with Crippen LogP contribution < -0.4 is 4.74 Å². The van der Waals surface area contributed by atoms with E-state index in [1.165, 1.54) is 12.1 Å². The number of halogens is 1. The summed E-state index contributed by atoms with van der Waals surface area (Å²) < 4.78 is 21.7. The number of imidazole rings is 1. The first-order chi connectivity index (χ1) is 14.1. The van der Waals surface area contributed by atoms with E-state index in [1.807, 2.05) is 35.2 Å². The zero-order valence-electron chi connectivity index (χ0n) is 16.5. The van der Waals surface area contributed by atoms with Crippen molar-refractivity contribution in [3.05, 3.63) is 59.7 Å². The molecule has 1 aromatic heterocycles. The number of carbonyl (C=O) groups excluding carboxylic acids is 1. The lowest BCUT2D eigenvalue weighted by Crippen LogP contribution is -2.45. The van der Waals surface area contributed by atoms with Gasteiger partial charge in [0.2, 0.25) is 0 Å². The average Bonchev–Trinajstić information content (AvgIpc) is 3.34. The summed E-state index contributed by atoms with van der Waals surface area (Å²) in [6, 6.07) is 12.9. The predicted molar refractivity (Wildman–Crippen MR) is 108 cm³/mol. The molecule has 6 heteroatoms. The topological polar surface area (TPSA) is 47.4 Å². The van der Waals surface area contributed by atoms with Gasteiger partial charge in [0.25, 0.3) is 5.91 Å². The molecule has 5 nitrogen and oxygen atoms in total. The van der Waals surface area contributed by atoms with Gasteiger partial charge in [-0.05, 0) is 36.6 Å². The Balaban J connectivity index is 1.30. The summed E-state index contributed by atoms with van der Waals surface area (Å²) in [5.74, 6) is 1.62. The summed E-state index contributed by atoms with van der Waals surface area (Å²) >= 11 is 0. The van der Waals surface area contributed by atoms with Crippen LogP contribution in [-0.2, 0) is 17.6 Å². The number of carbonyl (C=O) groups is 1. The van der Waals surface area contributed by atoms with E-state index in [0.29, 0.717) is 25.0 Å². The average molecular weight is 393 g/mol. The van der Waals surface area contributed by atoms with E-state index >= 15 is 0 Å². The Morgan fingerprint density at radius 1 is 1.21 bits per heavy atom. The highest BCUT2D eigenvalue weighted by molar-refractivity contribution is 5.83. The number of ether oxygens (including phenoxy) is 1. The molecule has 0 bridgehead atoms. The second kappa shape index (κ2) is 7.17. The molecule has 5 rings (SSSR count). The van der Waals surface area contributed by atoms with Crippen molar-refractivity contribution >= 4 is 16.9 Å². The van der Waals surface area contributed by atoms with Crippen molar-refractivity contribution < 1.29 is 13.9 Å². The van der Waals surface area contributed by atoms with Crippen LogP contribution in [0.3, 0.4) is 0 Å². The Labute approximate surface area is 169 Å². The number of para-hydroxylation sites is 1. The lowest BCUT2D eigenvalue weighted by atomic mass is 10.0. The van der Waals surface area contributed by atoms with Gasteiger partial charge < -0.3 is 14.2 Å². The fourth-order valence-corrected chi connectivity index (χ4v) is 4.65. The molecule has 2 aliphatic heterocycles. The highest BCUT2D eigenvalue weighted by atomic mass is 19.1. The molecule has 0 spiro atoms. The van der Waals surface area contributed by atoms with Crippen LogP contribution in [0, 0.1) is 5.82 Å². The Hall–Kier alpha value is -2.89. The molecule has 1 atom stereocenters. The Bertz CT molecular complexity index is 1040. The van der Waals surface area contributed by atoms with E-state index in [4.69, 9.17) is 4.74 Å². The minimum atomic E-state index is -0.410. The minimum absolute atomic E-state index is 0.0768. The maximum atomic E-state index is 13.6. The summed E-state index contributed by atoms with van der Waals surface area (Å²) in [7, 11) is 0. The number of likely N-dealkylation sites (tertiary alicyclic amines) is 1. The van der Waals surface area contributed by atoms with Crippen LogP contribution in [0.5, 0.6) is 5.75 Å². The maximum Gasteiger partial charge on any atom is 0.263 e. The van der Waals surface area contributed by atoms with Crippen molar-refractivity contribution in [2.24, 2.45) is 0 Å². The second-order valence-electron chi connectivity index (χ2n) is 7.86. The third-order valence-electron chi connectivity index (χ3n) is 6.10. The molecule has 0 N–H and O–H groups in total. The molecule has 29 heavy (non-hydrogen) atoms. The van der Waals surface area contributed by atoms with Gasteiger partial charge >= 0.3 is 0 Å². The highest BCUT2D eigenvalue weighted by Gasteiger charge is 2.34. The van der Waals surface area contributed by atoms with E-state index in [2.05, 4.69) is 16.5 Å². The third kappa shape index (κ3) is 3.16. The Morgan fingerprint density at radius 2 is 2.00 bits per heavy atom. The van der Waals surface area contributed by atoms with Gasteiger partial charge in [-0.3, -0.25) is 4.79 Å². The minimum Gasteiger partial charge on any atom is -0.480 e. The third-order valence-corrected chi connectivity index (χ3v) is 6.10. The van der Waals surface area contributed by atoms with Crippen molar-refractivity contribution in [1.29, 1.82) is 0 Å². The molecule has 2 aliphatic rings. The zero-order valence-corrected chi connectivity index (χ0v) is 16.5. The largest absolute Gasteiger partial charge is 0.480 e. The van der Waals surface area contributed by atoms with Crippen molar-refractivity contribution in [3.63, 3.8) is 0 Å². The van der Waals surface area contributed by atoms with Gasteiger partial charge in [-0.1, -0.05) is 25.1 Å². The molecule has 0 aliphatic carbocycles. The molecule has 1 amide bonds.